The topological polar surface area (TPSA) is 64.6 Å². The lowest BCUT2D eigenvalue weighted by molar-refractivity contribution is -0.145. The molecule has 0 saturated carbocycles. The summed E-state index contributed by atoms with van der Waals surface area (Å²) in [4.78, 5) is 24.8. The van der Waals surface area contributed by atoms with Gasteiger partial charge < -0.3 is 14.5 Å². The molecule has 1 aromatic carbocycles. The van der Waals surface area contributed by atoms with Gasteiger partial charge in [0.15, 0.2) is 14.4 Å². The van der Waals surface area contributed by atoms with E-state index in [1.54, 1.807) is 31.2 Å². The van der Waals surface area contributed by atoms with Gasteiger partial charge in [-0.25, -0.2) is 4.79 Å². The normalized spacial score (nSPS) is 14.1. The first-order chi connectivity index (χ1) is 11.9. The number of hydrogen-bond donors (Lipinski definition) is 1. The van der Waals surface area contributed by atoms with Gasteiger partial charge in [0.05, 0.1) is 13.2 Å². The number of carbonyl (C=O) groups excluding carboxylic acids is 2. The lowest BCUT2D eigenvalue weighted by atomic mass is 10.1. The largest absolute Gasteiger partial charge is 0.467 e. The van der Waals surface area contributed by atoms with E-state index in [9.17, 15) is 9.59 Å². The predicted octanol–water partition coefficient (Wildman–Crippen LogP) is 3.35. The van der Waals surface area contributed by atoms with Crippen LogP contribution in [0.2, 0.25) is 18.1 Å². The van der Waals surface area contributed by atoms with Crippen LogP contribution in [0.25, 0.3) is 0 Å². The second-order valence-corrected chi connectivity index (χ2v) is 12.5. The minimum Gasteiger partial charge on any atom is -0.467 e. The summed E-state index contributed by atoms with van der Waals surface area (Å²) in [5.74, 6) is 1.58. The molecule has 0 aliphatic heterocycles. The SMILES string of the molecule is C#Cc1ccc(C(=O)N[C@@H](C(=O)OC)[C@@H](C)O[Si](C)(C)C(C)(C)C)cc1. The van der Waals surface area contributed by atoms with Gasteiger partial charge in [0.1, 0.15) is 0 Å². The first-order valence-electron chi connectivity index (χ1n) is 8.56. The van der Waals surface area contributed by atoms with Crippen LogP contribution in [0.5, 0.6) is 0 Å². The molecule has 1 aromatic rings. The molecule has 6 heteroatoms. The van der Waals surface area contributed by atoms with Crippen LogP contribution in [-0.2, 0) is 14.0 Å². The van der Waals surface area contributed by atoms with E-state index in [4.69, 9.17) is 15.6 Å². The van der Waals surface area contributed by atoms with Crippen molar-refractivity contribution < 1.29 is 18.8 Å². The highest BCUT2D eigenvalue weighted by molar-refractivity contribution is 6.74. The third-order valence-electron chi connectivity index (χ3n) is 4.81. The van der Waals surface area contributed by atoms with Crippen LogP contribution in [0.3, 0.4) is 0 Å². The second kappa shape index (κ2) is 8.52. The zero-order valence-electron chi connectivity index (χ0n) is 16.7. The van der Waals surface area contributed by atoms with E-state index in [0.29, 0.717) is 11.1 Å². The fraction of sp³-hybridized carbons (Fsp3) is 0.500. The van der Waals surface area contributed by atoms with E-state index >= 15 is 0 Å². The summed E-state index contributed by atoms with van der Waals surface area (Å²) < 4.78 is 11.1. The molecule has 2 atom stereocenters. The Morgan fingerprint density at radius 2 is 1.73 bits per heavy atom. The van der Waals surface area contributed by atoms with Gasteiger partial charge >= 0.3 is 5.97 Å². The molecule has 0 saturated heterocycles. The Morgan fingerprint density at radius 3 is 2.15 bits per heavy atom. The van der Waals surface area contributed by atoms with Crippen molar-refractivity contribution in [1.29, 1.82) is 0 Å². The van der Waals surface area contributed by atoms with E-state index in [1.165, 1.54) is 7.11 Å². The molecule has 142 valence electrons. The fourth-order valence-corrected chi connectivity index (χ4v) is 3.57. The van der Waals surface area contributed by atoms with Crippen molar-refractivity contribution >= 4 is 20.2 Å². The number of ether oxygens (including phenoxy) is 1. The maximum Gasteiger partial charge on any atom is 0.331 e. The van der Waals surface area contributed by atoms with Crippen LogP contribution in [-0.4, -0.2) is 39.4 Å². The van der Waals surface area contributed by atoms with Gasteiger partial charge in [-0.15, -0.1) is 6.42 Å². The number of terminal acetylenes is 1. The molecule has 0 spiro atoms. The molecule has 1 amide bonds. The van der Waals surface area contributed by atoms with E-state index in [1.807, 2.05) is 0 Å². The number of hydrogen-bond acceptors (Lipinski definition) is 4. The number of esters is 1. The Hall–Kier alpha value is -2.10. The van der Waals surface area contributed by atoms with Crippen molar-refractivity contribution in [3.05, 3.63) is 35.4 Å². The number of carbonyl (C=O) groups is 2. The van der Waals surface area contributed by atoms with Gasteiger partial charge in [0.25, 0.3) is 5.91 Å². The summed E-state index contributed by atoms with van der Waals surface area (Å²) in [7, 11) is -0.819. The summed E-state index contributed by atoms with van der Waals surface area (Å²) >= 11 is 0. The molecule has 0 aliphatic carbocycles. The second-order valence-electron chi connectivity index (χ2n) is 7.78. The fourth-order valence-electron chi connectivity index (χ4n) is 2.15. The first-order valence-corrected chi connectivity index (χ1v) is 11.5. The zero-order chi connectivity index (χ0) is 20.1. The minimum atomic E-state index is -2.11. The van der Waals surface area contributed by atoms with Gasteiger partial charge in [-0.2, -0.15) is 0 Å². The van der Waals surface area contributed by atoms with Crippen LogP contribution < -0.4 is 5.32 Å². The van der Waals surface area contributed by atoms with Crippen molar-refractivity contribution in [1.82, 2.24) is 5.32 Å². The summed E-state index contributed by atoms with van der Waals surface area (Å²) in [6.45, 7) is 12.3. The summed E-state index contributed by atoms with van der Waals surface area (Å²) in [6.07, 6.45) is 4.81. The number of nitrogens with one attached hydrogen (secondary N) is 1. The van der Waals surface area contributed by atoms with Crippen molar-refractivity contribution in [3.63, 3.8) is 0 Å². The summed E-state index contributed by atoms with van der Waals surface area (Å²) in [6, 6.07) is 5.71. The van der Waals surface area contributed by atoms with E-state index in [0.717, 1.165) is 0 Å². The minimum absolute atomic E-state index is 0.0169. The molecule has 5 nitrogen and oxygen atoms in total. The van der Waals surface area contributed by atoms with Gasteiger partial charge in [-0.3, -0.25) is 4.79 Å². The number of methoxy groups -OCH3 is 1. The lowest BCUT2D eigenvalue weighted by Crippen LogP contribution is -2.54. The molecule has 0 aromatic heterocycles. The molecule has 1 N–H and O–H groups in total. The van der Waals surface area contributed by atoms with Crippen LogP contribution in [0, 0.1) is 12.3 Å². The van der Waals surface area contributed by atoms with Crippen molar-refractivity contribution in [2.24, 2.45) is 0 Å². The number of benzene rings is 1. The quantitative estimate of drug-likeness (QED) is 0.470. The van der Waals surface area contributed by atoms with Crippen LogP contribution >= 0.6 is 0 Å². The Morgan fingerprint density at radius 1 is 1.19 bits per heavy atom. The van der Waals surface area contributed by atoms with Crippen LogP contribution in [0.1, 0.15) is 43.6 Å². The van der Waals surface area contributed by atoms with E-state index < -0.39 is 26.4 Å². The average molecular weight is 376 g/mol. The average Bonchev–Trinajstić information content (AvgIpc) is 2.57. The third kappa shape index (κ3) is 5.45. The van der Waals surface area contributed by atoms with E-state index in [-0.39, 0.29) is 10.9 Å². The maximum atomic E-state index is 12.5. The summed E-state index contributed by atoms with van der Waals surface area (Å²) in [5, 5.41) is 2.71. The maximum absolute atomic E-state index is 12.5. The Balaban J connectivity index is 2.97. The van der Waals surface area contributed by atoms with E-state index in [2.05, 4.69) is 45.1 Å². The molecule has 0 aliphatic rings. The van der Waals surface area contributed by atoms with Crippen molar-refractivity contribution in [2.75, 3.05) is 7.11 Å². The standard InChI is InChI=1S/C20H29NO4Si/c1-9-15-10-12-16(13-11-15)18(22)21-17(19(23)24-6)14(2)25-26(7,8)20(3,4)5/h1,10-14,17H,2-8H3,(H,21,22)/t14-,17-/m1/s1. The van der Waals surface area contributed by atoms with Gasteiger partial charge in [0.2, 0.25) is 0 Å². The molecule has 0 bridgehead atoms. The molecule has 0 fully saturated rings. The smallest absolute Gasteiger partial charge is 0.331 e. The molecule has 0 heterocycles. The van der Waals surface area contributed by atoms with Gasteiger partial charge in [-0.05, 0) is 49.3 Å². The molecular weight excluding hydrogens is 346 g/mol. The highest BCUT2D eigenvalue weighted by Crippen LogP contribution is 2.37. The highest BCUT2D eigenvalue weighted by atomic mass is 28.4. The molecule has 1 rings (SSSR count). The highest BCUT2D eigenvalue weighted by Gasteiger charge is 2.41. The number of rotatable bonds is 6. The zero-order valence-corrected chi connectivity index (χ0v) is 17.7. The third-order valence-corrected chi connectivity index (χ3v) is 9.39. The number of amides is 1. The van der Waals surface area contributed by atoms with Crippen LogP contribution in [0.15, 0.2) is 24.3 Å². The Kier molecular flexibility index (Phi) is 7.19. The molecule has 0 radical (unpaired) electrons. The molecule has 26 heavy (non-hydrogen) atoms. The first kappa shape index (κ1) is 21.9. The van der Waals surface area contributed by atoms with Crippen molar-refractivity contribution in [2.45, 2.75) is 58.0 Å². The van der Waals surface area contributed by atoms with Crippen molar-refractivity contribution in [3.8, 4) is 12.3 Å². The molecule has 0 unspecified atom stereocenters. The Labute approximate surface area is 157 Å². The van der Waals surface area contributed by atoms with Gasteiger partial charge in [0, 0.05) is 11.1 Å². The molecular formula is C20H29NO4Si. The monoisotopic (exact) mass is 375 g/mol. The predicted molar refractivity (Wildman–Crippen MR) is 105 cm³/mol. The summed E-state index contributed by atoms with van der Waals surface area (Å²) in [5.41, 5.74) is 1.10. The van der Waals surface area contributed by atoms with Crippen LogP contribution in [0.4, 0.5) is 0 Å². The lowest BCUT2D eigenvalue weighted by Gasteiger charge is -2.39. The van der Waals surface area contributed by atoms with Gasteiger partial charge in [-0.1, -0.05) is 26.7 Å². The Bertz CT molecular complexity index is 683.